The lowest BCUT2D eigenvalue weighted by Crippen LogP contribution is -2.02. The molecule has 0 N–H and O–H groups in total. The second-order valence-electron chi connectivity index (χ2n) is 3.95. The van der Waals surface area contributed by atoms with Crippen LogP contribution in [0, 0.1) is 0 Å². The summed E-state index contributed by atoms with van der Waals surface area (Å²) >= 11 is 0. The van der Waals surface area contributed by atoms with E-state index in [0.717, 1.165) is 24.7 Å². The van der Waals surface area contributed by atoms with Crippen LogP contribution in [0.3, 0.4) is 0 Å². The number of carbonyl (C=O) groups excluding carboxylic acids is 1. The minimum Gasteiger partial charge on any atom is -0.298 e. The Morgan fingerprint density at radius 2 is 1.92 bits per heavy atom. The van der Waals surface area contributed by atoms with Crippen LogP contribution in [0.1, 0.15) is 44.9 Å². The van der Waals surface area contributed by atoms with Crippen LogP contribution in [0.15, 0.2) is 22.8 Å². The number of hydrogen-bond acceptors (Lipinski definition) is 1. The first-order valence-corrected chi connectivity index (χ1v) is 5.28. The molecule has 0 spiro atoms. The molecule has 2 rings (SSSR count). The fraction of sp³-hybridized carbons (Fsp3) is 0.583. The third-order valence-corrected chi connectivity index (χ3v) is 3.08. The second-order valence-corrected chi connectivity index (χ2v) is 3.95. The summed E-state index contributed by atoms with van der Waals surface area (Å²) in [5, 5.41) is 0. The Morgan fingerprint density at radius 1 is 1.08 bits per heavy atom. The lowest BCUT2D eigenvalue weighted by molar-refractivity contribution is -0.105. The van der Waals surface area contributed by atoms with Crippen molar-refractivity contribution in [1.29, 1.82) is 0 Å². The fourth-order valence-electron chi connectivity index (χ4n) is 2.37. The molecule has 2 aliphatic carbocycles. The molecule has 2 aliphatic rings. The highest BCUT2D eigenvalue weighted by atomic mass is 16.1. The molecule has 0 radical (unpaired) electrons. The Labute approximate surface area is 79.5 Å². The summed E-state index contributed by atoms with van der Waals surface area (Å²) in [7, 11) is 0. The molecule has 0 fully saturated rings. The molecule has 0 heterocycles. The molecule has 0 saturated carbocycles. The van der Waals surface area contributed by atoms with Crippen LogP contribution in [-0.4, -0.2) is 6.29 Å². The van der Waals surface area contributed by atoms with Crippen molar-refractivity contribution >= 4 is 6.29 Å². The first-order valence-electron chi connectivity index (χ1n) is 5.28. The summed E-state index contributed by atoms with van der Waals surface area (Å²) in [6.45, 7) is 0. The van der Waals surface area contributed by atoms with Crippen molar-refractivity contribution in [3.05, 3.63) is 22.8 Å². The van der Waals surface area contributed by atoms with Crippen molar-refractivity contribution in [2.24, 2.45) is 0 Å². The summed E-state index contributed by atoms with van der Waals surface area (Å²) in [4.78, 5) is 10.8. The molecule has 0 atom stereocenters. The van der Waals surface area contributed by atoms with E-state index >= 15 is 0 Å². The van der Waals surface area contributed by atoms with E-state index in [1.165, 1.54) is 43.3 Å². The maximum absolute atomic E-state index is 10.8. The van der Waals surface area contributed by atoms with E-state index in [-0.39, 0.29) is 0 Å². The molecule has 1 nitrogen and oxygen atoms in total. The highest BCUT2D eigenvalue weighted by Gasteiger charge is 2.17. The van der Waals surface area contributed by atoms with Gasteiger partial charge in [0.05, 0.1) is 0 Å². The first kappa shape index (κ1) is 8.74. The minimum atomic E-state index is 1.01. The molecule has 0 aromatic heterocycles. The summed E-state index contributed by atoms with van der Waals surface area (Å²) in [6.07, 6.45) is 11.7. The van der Waals surface area contributed by atoms with Gasteiger partial charge in [-0.2, -0.15) is 0 Å². The van der Waals surface area contributed by atoms with Crippen molar-refractivity contribution in [2.75, 3.05) is 0 Å². The van der Waals surface area contributed by atoms with Gasteiger partial charge >= 0.3 is 0 Å². The normalized spacial score (nSPS) is 23.2. The standard InChI is InChI=1S/C12H16O/c13-9-11-7-3-4-8-12(11)10-5-1-2-6-10/h5,9H,1-4,6-8H2. The van der Waals surface area contributed by atoms with Crippen LogP contribution >= 0.6 is 0 Å². The molecule has 1 heteroatoms. The highest BCUT2D eigenvalue weighted by molar-refractivity contribution is 5.76. The van der Waals surface area contributed by atoms with Crippen molar-refractivity contribution in [3.8, 4) is 0 Å². The highest BCUT2D eigenvalue weighted by Crippen LogP contribution is 2.34. The summed E-state index contributed by atoms with van der Waals surface area (Å²) in [5.74, 6) is 0. The molecular weight excluding hydrogens is 160 g/mol. The van der Waals surface area contributed by atoms with Crippen molar-refractivity contribution < 1.29 is 4.79 Å². The van der Waals surface area contributed by atoms with Gasteiger partial charge in [-0.15, -0.1) is 0 Å². The molecule has 0 aliphatic heterocycles. The number of aldehydes is 1. The number of allylic oxidation sites excluding steroid dienone is 4. The van der Waals surface area contributed by atoms with Gasteiger partial charge in [-0.05, 0) is 61.7 Å². The quantitative estimate of drug-likeness (QED) is 0.591. The van der Waals surface area contributed by atoms with Crippen molar-refractivity contribution in [2.45, 2.75) is 44.9 Å². The van der Waals surface area contributed by atoms with Gasteiger partial charge in [-0.3, -0.25) is 4.79 Å². The summed E-state index contributed by atoms with van der Waals surface area (Å²) < 4.78 is 0. The summed E-state index contributed by atoms with van der Waals surface area (Å²) in [6, 6.07) is 0. The van der Waals surface area contributed by atoms with Crippen LogP contribution in [0.25, 0.3) is 0 Å². The molecule has 0 amide bonds. The van der Waals surface area contributed by atoms with Crippen LogP contribution < -0.4 is 0 Å². The zero-order chi connectivity index (χ0) is 9.10. The van der Waals surface area contributed by atoms with E-state index in [9.17, 15) is 4.79 Å². The molecule has 0 bridgehead atoms. The number of hydrogen-bond donors (Lipinski definition) is 0. The predicted octanol–water partition coefficient (Wildman–Crippen LogP) is 3.17. The molecule has 0 aromatic rings. The third kappa shape index (κ3) is 1.74. The minimum absolute atomic E-state index is 1.01. The van der Waals surface area contributed by atoms with E-state index in [0.29, 0.717) is 0 Å². The van der Waals surface area contributed by atoms with Gasteiger partial charge in [0, 0.05) is 0 Å². The fourth-order valence-corrected chi connectivity index (χ4v) is 2.37. The Bertz CT molecular complexity index is 271. The van der Waals surface area contributed by atoms with E-state index in [1.54, 1.807) is 0 Å². The van der Waals surface area contributed by atoms with Gasteiger partial charge in [0.25, 0.3) is 0 Å². The lowest BCUT2D eigenvalue weighted by Gasteiger charge is -2.17. The van der Waals surface area contributed by atoms with Gasteiger partial charge in [0.15, 0.2) is 0 Å². The van der Waals surface area contributed by atoms with Crippen molar-refractivity contribution in [1.82, 2.24) is 0 Å². The topological polar surface area (TPSA) is 17.1 Å². The Kier molecular flexibility index (Phi) is 2.62. The Morgan fingerprint density at radius 3 is 2.62 bits per heavy atom. The smallest absolute Gasteiger partial charge is 0.146 e. The maximum atomic E-state index is 10.8. The van der Waals surface area contributed by atoms with E-state index < -0.39 is 0 Å². The van der Waals surface area contributed by atoms with Crippen molar-refractivity contribution in [3.63, 3.8) is 0 Å². The molecule has 0 saturated heterocycles. The van der Waals surface area contributed by atoms with E-state index in [1.807, 2.05) is 0 Å². The average Bonchev–Trinajstić information content (AvgIpc) is 2.70. The van der Waals surface area contributed by atoms with Crippen LogP contribution in [0.4, 0.5) is 0 Å². The second kappa shape index (κ2) is 3.91. The molecular formula is C12H16O. The molecule has 0 unspecified atom stereocenters. The first-order chi connectivity index (χ1) is 6.42. The summed E-state index contributed by atoms with van der Waals surface area (Å²) in [5.41, 5.74) is 3.94. The van der Waals surface area contributed by atoms with Crippen LogP contribution in [-0.2, 0) is 4.79 Å². The molecule has 70 valence electrons. The predicted molar refractivity (Wildman–Crippen MR) is 53.5 cm³/mol. The monoisotopic (exact) mass is 176 g/mol. The van der Waals surface area contributed by atoms with Gasteiger partial charge in [0.2, 0.25) is 0 Å². The maximum Gasteiger partial charge on any atom is 0.146 e. The van der Waals surface area contributed by atoms with Gasteiger partial charge < -0.3 is 0 Å². The lowest BCUT2D eigenvalue weighted by atomic mass is 9.87. The van der Waals surface area contributed by atoms with E-state index in [2.05, 4.69) is 6.08 Å². The van der Waals surface area contributed by atoms with E-state index in [4.69, 9.17) is 0 Å². The Balaban J connectivity index is 2.26. The van der Waals surface area contributed by atoms with Crippen LogP contribution in [0.2, 0.25) is 0 Å². The average molecular weight is 176 g/mol. The molecule has 0 aromatic carbocycles. The van der Waals surface area contributed by atoms with Gasteiger partial charge in [-0.1, -0.05) is 6.08 Å². The Hall–Kier alpha value is -0.850. The zero-order valence-electron chi connectivity index (χ0n) is 8.01. The molecule has 13 heavy (non-hydrogen) atoms. The number of rotatable bonds is 2. The SMILES string of the molecule is O=CC1=C(C2=CCCC2)CCCC1. The number of carbonyl (C=O) groups is 1. The zero-order valence-corrected chi connectivity index (χ0v) is 8.01. The van der Waals surface area contributed by atoms with Crippen LogP contribution in [0.5, 0.6) is 0 Å². The largest absolute Gasteiger partial charge is 0.298 e. The van der Waals surface area contributed by atoms with Gasteiger partial charge in [-0.25, -0.2) is 0 Å². The third-order valence-electron chi connectivity index (χ3n) is 3.08. The van der Waals surface area contributed by atoms with Gasteiger partial charge in [0.1, 0.15) is 6.29 Å².